The zero-order valence-corrected chi connectivity index (χ0v) is 16.7. The summed E-state index contributed by atoms with van der Waals surface area (Å²) in [6.45, 7) is 1.73. The lowest BCUT2D eigenvalue weighted by molar-refractivity contribution is -0.113. The topological polar surface area (TPSA) is 92.8 Å². The van der Waals surface area contributed by atoms with E-state index in [9.17, 15) is 4.79 Å². The number of H-pyrrole nitrogens is 1. The number of nitrogens with zero attached hydrogens (tertiary/aromatic N) is 3. The van der Waals surface area contributed by atoms with Crippen LogP contribution < -0.4 is 10.1 Å². The maximum absolute atomic E-state index is 12.1. The number of methoxy groups -OCH3 is 1. The molecule has 0 aliphatic rings. The maximum atomic E-state index is 12.1. The molecule has 0 saturated heterocycles. The molecule has 1 amide bonds. The van der Waals surface area contributed by atoms with Crippen molar-refractivity contribution in [1.29, 1.82) is 0 Å². The Morgan fingerprint density at radius 3 is 2.67 bits per heavy atom. The first-order valence-corrected chi connectivity index (χ1v) is 9.52. The minimum absolute atomic E-state index is 0.111. The van der Waals surface area contributed by atoms with E-state index >= 15 is 0 Å². The fraction of sp³-hybridized carbons (Fsp3) is 0.176. The SMILES string of the molecule is COc1ccc(-c2nc(SCC(=O)Nc3nc(C)c(Cl)cc3Cl)n[nH]2)cc1. The number of nitrogens with one attached hydrogen (secondary N) is 2. The number of carbonyl (C=O) groups excluding carboxylic acids is 1. The maximum Gasteiger partial charge on any atom is 0.236 e. The molecule has 1 aromatic carbocycles. The smallest absolute Gasteiger partial charge is 0.236 e. The first kappa shape index (κ1) is 19.5. The van der Waals surface area contributed by atoms with Crippen LogP contribution in [0.15, 0.2) is 35.5 Å². The number of aryl methyl sites for hydroxylation is 1. The summed E-state index contributed by atoms with van der Waals surface area (Å²) in [6.07, 6.45) is 0. The van der Waals surface area contributed by atoms with Gasteiger partial charge in [-0.1, -0.05) is 35.0 Å². The van der Waals surface area contributed by atoms with Gasteiger partial charge in [-0.05, 0) is 37.3 Å². The fourth-order valence-corrected chi connectivity index (χ4v) is 3.14. The highest BCUT2D eigenvalue weighted by Crippen LogP contribution is 2.26. The Morgan fingerprint density at radius 1 is 1.22 bits per heavy atom. The summed E-state index contributed by atoms with van der Waals surface area (Å²) in [6, 6.07) is 8.96. The number of aromatic nitrogens is 4. The van der Waals surface area contributed by atoms with Gasteiger partial charge < -0.3 is 10.1 Å². The van der Waals surface area contributed by atoms with Gasteiger partial charge in [0.2, 0.25) is 11.1 Å². The van der Waals surface area contributed by atoms with E-state index in [0.717, 1.165) is 11.3 Å². The number of hydrogen-bond donors (Lipinski definition) is 2. The van der Waals surface area contributed by atoms with Gasteiger partial charge in [0, 0.05) is 5.56 Å². The van der Waals surface area contributed by atoms with Crippen molar-refractivity contribution in [1.82, 2.24) is 20.2 Å². The fourth-order valence-electron chi connectivity index (χ4n) is 2.13. The molecular weight excluding hydrogens is 409 g/mol. The second kappa shape index (κ2) is 8.60. The van der Waals surface area contributed by atoms with E-state index in [1.165, 1.54) is 11.8 Å². The van der Waals surface area contributed by atoms with Crippen molar-refractivity contribution in [3.05, 3.63) is 46.1 Å². The number of aromatic amines is 1. The van der Waals surface area contributed by atoms with Crippen LogP contribution in [0, 0.1) is 6.92 Å². The lowest BCUT2D eigenvalue weighted by Gasteiger charge is -2.07. The van der Waals surface area contributed by atoms with Crippen LogP contribution in [-0.4, -0.2) is 38.9 Å². The molecule has 0 saturated carbocycles. The summed E-state index contributed by atoms with van der Waals surface area (Å²) < 4.78 is 5.13. The van der Waals surface area contributed by atoms with Gasteiger partial charge in [0.15, 0.2) is 11.6 Å². The van der Waals surface area contributed by atoms with Gasteiger partial charge in [0.05, 0.1) is 28.6 Å². The zero-order valence-electron chi connectivity index (χ0n) is 14.4. The molecule has 140 valence electrons. The van der Waals surface area contributed by atoms with Crippen molar-refractivity contribution in [2.45, 2.75) is 12.1 Å². The van der Waals surface area contributed by atoms with Gasteiger partial charge in [0.25, 0.3) is 0 Å². The second-order valence-electron chi connectivity index (χ2n) is 5.42. The Labute approximate surface area is 169 Å². The first-order chi connectivity index (χ1) is 13.0. The molecule has 2 aromatic heterocycles. The molecule has 27 heavy (non-hydrogen) atoms. The van der Waals surface area contributed by atoms with Gasteiger partial charge in [-0.25, -0.2) is 9.97 Å². The summed E-state index contributed by atoms with van der Waals surface area (Å²) >= 11 is 13.2. The largest absolute Gasteiger partial charge is 0.497 e. The average molecular weight is 424 g/mol. The van der Waals surface area contributed by atoms with Crippen LogP contribution in [0.3, 0.4) is 0 Å². The predicted molar refractivity (Wildman–Crippen MR) is 107 cm³/mol. The highest BCUT2D eigenvalue weighted by Gasteiger charge is 2.12. The van der Waals surface area contributed by atoms with Crippen LogP contribution in [0.25, 0.3) is 11.4 Å². The Bertz CT molecular complexity index is 962. The molecular formula is C17H15Cl2N5O2S. The molecule has 2 N–H and O–H groups in total. The third kappa shape index (κ3) is 4.91. The number of halogens is 2. The van der Waals surface area contributed by atoms with Crippen molar-refractivity contribution in [2.24, 2.45) is 0 Å². The van der Waals surface area contributed by atoms with E-state index in [2.05, 4.69) is 25.5 Å². The number of thioether (sulfide) groups is 1. The third-order valence-electron chi connectivity index (χ3n) is 3.52. The van der Waals surface area contributed by atoms with Gasteiger partial charge in [-0.15, -0.1) is 5.10 Å². The van der Waals surface area contributed by atoms with E-state index in [0.29, 0.717) is 21.7 Å². The van der Waals surface area contributed by atoms with Crippen molar-refractivity contribution in [3.8, 4) is 17.1 Å². The van der Waals surface area contributed by atoms with Crippen LogP contribution >= 0.6 is 35.0 Å². The highest BCUT2D eigenvalue weighted by molar-refractivity contribution is 7.99. The van der Waals surface area contributed by atoms with Crippen LogP contribution in [0.1, 0.15) is 5.69 Å². The number of benzene rings is 1. The quantitative estimate of drug-likeness (QED) is 0.576. The standard InChI is InChI=1S/C17H15Cl2N5O2S/c1-9-12(18)7-13(19)16(20-9)21-14(25)8-27-17-22-15(23-24-17)10-3-5-11(26-2)6-4-10/h3-7H,8H2,1-2H3,(H,20,21,25)(H,22,23,24). The van der Waals surface area contributed by atoms with E-state index < -0.39 is 0 Å². The molecule has 0 bridgehead atoms. The van der Waals surface area contributed by atoms with Crippen molar-refractivity contribution < 1.29 is 9.53 Å². The summed E-state index contributed by atoms with van der Waals surface area (Å²) in [5.41, 5.74) is 1.45. The Kier molecular flexibility index (Phi) is 6.20. The molecule has 0 spiro atoms. The summed E-state index contributed by atoms with van der Waals surface area (Å²) in [7, 11) is 1.61. The molecule has 0 radical (unpaired) electrons. The number of amides is 1. The lowest BCUT2D eigenvalue weighted by Crippen LogP contribution is -2.15. The number of pyridine rings is 1. The van der Waals surface area contributed by atoms with Crippen molar-refractivity contribution in [2.75, 3.05) is 18.2 Å². The Morgan fingerprint density at radius 2 is 1.96 bits per heavy atom. The van der Waals surface area contributed by atoms with E-state index in [1.54, 1.807) is 20.1 Å². The Balaban J connectivity index is 1.59. The highest BCUT2D eigenvalue weighted by atomic mass is 35.5. The van der Waals surface area contributed by atoms with Gasteiger partial charge in [-0.3, -0.25) is 9.89 Å². The van der Waals surface area contributed by atoms with Crippen LogP contribution in [0.2, 0.25) is 10.0 Å². The monoisotopic (exact) mass is 423 g/mol. The van der Waals surface area contributed by atoms with Gasteiger partial charge in [-0.2, -0.15) is 0 Å². The minimum Gasteiger partial charge on any atom is -0.497 e. The van der Waals surface area contributed by atoms with Crippen LogP contribution in [-0.2, 0) is 4.79 Å². The molecule has 0 atom stereocenters. The zero-order chi connectivity index (χ0) is 19.4. The number of hydrogen-bond acceptors (Lipinski definition) is 6. The molecule has 2 heterocycles. The number of rotatable bonds is 6. The lowest BCUT2D eigenvalue weighted by atomic mass is 10.2. The molecule has 3 rings (SSSR count). The molecule has 3 aromatic rings. The summed E-state index contributed by atoms with van der Waals surface area (Å²) in [4.78, 5) is 20.7. The summed E-state index contributed by atoms with van der Waals surface area (Å²) in [5, 5.41) is 10.8. The second-order valence-corrected chi connectivity index (χ2v) is 7.17. The number of carbonyl (C=O) groups is 1. The van der Waals surface area contributed by atoms with E-state index in [1.807, 2.05) is 24.3 Å². The van der Waals surface area contributed by atoms with Crippen LogP contribution in [0.4, 0.5) is 5.82 Å². The summed E-state index contributed by atoms with van der Waals surface area (Å²) in [5.74, 6) is 1.48. The van der Waals surface area contributed by atoms with Crippen LogP contribution in [0.5, 0.6) is 5.75 Å². The average Bonchev–Trinajstić information content (AvgIpc) is 3.13. The number of anilines is 1. The van der Waals surface area contributed by atoms with Gasteiger partial charge in [0.1, 0.15) is 5.75 Å². The Hall–Kier alpha value is -2.29. The molecule has 0 aliphatic heterocycles. The van der Waals surface area contributed by atoms with Gasteiger partial charge >= 0.3 is 0 Å². The van der Waals surface area contributed by atoms with E-state index in [4.69, 9.17) is 27.9 Å². The minimum atomic E-state index is -0.271. The normalized spacial score (nSPS) is 10.7. The molecule has 0 aliphatic carbocycles. The molecule has 0 unspecified atom stereocenters. The van der Waals surface area contributed by atoms with Crippen molar-refractivity contribution in [3.63, 3.8) is 0 Å². The number of ether oxygens (including phenoxy) is 1. The molecule has 0 fully saturated rings. The first-order valence-electron chi connectivity index (χ1n) is 7.78. The van der Waals surface area contributed by atoms with Crippen molar-refractivity contribution >= 4 is 46.7 Å². The third-order valence-corrected chi connectivity index (χ3v) is 5.04. The molecule has 10 heteroatoms. The molecule has 7 nitrogen and oxygen atoms in total. The predicted octanol–water partition coefficient (Wildman–Crippen LogP) is 4.22. The van der Waals surface area contributed by atoms with E-state index in [-0.39, 0.29) is 22.5 Å².